The molecule has 2 N–H and O–H groups in total. The van der Waals surface area contributed by atoms with Crippen molar-refractivity contribution in [2.45, 2.75) is 31.8 Å². The van der Waals surface area contributed by atoms with Crippen molar-refractivity contribution in [2.24, 2.45) is 0 Å². The van der Waals surface area contributed by atoms with Gasteiger partial charge in [0.1, 0.15) is 0 Å². The lowest BCUT2D eigenvalue weighted by Gasteiger charge is -2.44. The Morgan fingerprint density at radius 3 is 3.00 bits per heavy atom. The molecule has 5 heteroatoms. The van der Waals surface area contributed by atoms with E-state index in [2.05, 4.69) is 37.6 Å². The normalized spacial score (nSPS) is 28.4. The molecule has 3 rings (SSSR count). The van der Waals surface area contributed by atoms with Crippen LogP contribution in [0.1, 0.15) is 19.8 Å². The van der Waals surface area contributed by atoms with Crippen molar-refractivity contribution in [3.8, 4) is 0 Å². The molecule has 1 aromatic rings. The molecule has 18 heavy (non-hydrogen) atoms. The fourth-order valence-corrected chi connectivity index (χ4v) is 3.82. The van der Waals surface area contributed by atoms with Gasteiger partial charge in [-0.15, -0.1) is 0 Å². The van der Waals surface area contributed by atoms with E-state index in [4.69, 9.17) is 5.73 Å². The SMILES string of the molecule is CC1CN2CCCC2CN1c1c(N)cncc1Br. The van der Waals surface area contributed by atoms with Gasteiger partial charge in [0.15, 0.2) is 0 Å². The minimum Gasteiger partial charge on any atom is -0.396 e. The van der Waals surface area contributed by atoms with Crippen molar-refractivity contribution in [1.29, 1.82) is 0 Å². The maximum Gasteiger partial charge on any atom is 0.0779 e. The highest BCUT2D eigenvalue weighted by Gasteiger charge is 2.35. The summed E-state index contributed by atoms with van der Waals surface area (Å²) in [5.74, 6) is 0. The monoisotopic (exact) mass is 310 g/mol. The molecule has 4 nitrogen and oxygen atoms in total. The highest BCUT2D eigenvalue weighted by atomic mass is 79.9. The van der Waals surface area contributed by atoms with Gasteiger partial charge in [-0.05, 0) is 42.2 Å². The first kappa shape index (κ1) is 12.2. The van der Waals surface area contributed by atoms with Gasteiger partial charge in [0.2, 0.25) is 0 Å². The van der Waals surface area contributed by atoms with Gasteiger partial charge in [0.05, 0.1) is 22.0 Å². The van der Waals surface area contributed by atoms with E-state index in [1.54, 1.807) is 6.20 Å². The maximum atomic E-state index is 6.10. The molecule has 0 radical (unpaired) electrons. The first-order chi connectivity index (χ1) is 8.66. The molecule has 3 heterocycles. The molecular formula is C13H19BrN4. The number of aromatic nitrogens is 1. The van der Waals surface area contributed by atoms with Crippen molar-refractivity contribution in [3.63, 3.8) is 0 Å². The molecule has 2 aliphatic heterocycles. The Hall–Kier alpha value is -0.810. The van der Waals surface area contributed by atoms with E-state index in [1.165, 1.54) is 19.4 Å². The summed E-state index contributed by atoms with van der Waals surface area (Å²) in [7, 11) is 0. The Bertz CT molecular complexity index is 430. The lowest BCUT2D eigenvalue weighted by Crippen LogP contribution is -2.55. The molecule has 0 aliphatic carbocycles. The van der Waals surface area contributed by atoms with Gasteiger partial charge < -0.3 is 10.6 Å². The van der Waals surface area contributed by atoms with Gasteiger partial charge in [-0.3, -0.25) is 9.88 Å². The van der Waals surface area contributed by atoms with Gasteiger partial charge in [0, 0.05) is 31.4 Å². The Labute approximate surface area is 116 Å². The Kier molecular flexibility index (Phi) is 3.20. The Balaban J connectivity index is 1.91. The summed E-state index contributed by atoms with van der Waals surface area (Å²) in [6, 6.07) is 1.20. The minimum absolute atomic E-state index is 0.500. The Morgan fingerprint density at radius 2 is 2.22 bits per heavy atom. The number of pyridine rings is 1. The van der Waals surface area contributed by atoms with Crippen LogP contribution in [-0.4, -0.2) is 41.6 Å². The summed E-state index contributed by atoms with van der Waals surface area (Å²) in [5, 5.41) is 0. The zero-order valence-corrected chi connectivity index (χ0v) is 12.2. The lowest BCUT2D eigenvalue weighted by molar-refractivity contribution is 0.203. The van der Waals surface area contributed by atoms with Crippen LogP contribution in [0.4, 0.5) is 11.4 Å². The third kappa shape index (κ3) is 1.99. The van der Waals surface area contributed by atoms with E-state index in [-0.39, 0.29) is 0 Å². The number of fused-ring (bicyclic) bond motifs is 1. The molecule has 2 fully saturated rings. The van der Waals surface area contributed by atoms with Crippen LogP contribution in [0.25, 0.3) is 0 Å². The van der Waals surface area contributed by atoms with Gasteiger partial charge in [-0.1, -0.05) is 0 Å². The first-order valence-corrected chi connectivity index (χ1v) is 7.36. The van der Waals surface area contributed by atoms with Crippen LogP contribution in [-0.2, 0) is 0 Å². The van der Waals surface area contributed by atoms with Crippen LogP contribution in [0.3, 0.4) is 0 Å². The highest BCUT2D eigenvalue weighted by Crippen LogP contribution is 2.36. The van der Waals surface area contributed by atoms with E-state index in [0.29, 0.717) is 12.1 Å². The second kappa shape index (κ2) is 4.70. The van der Waals surface area contributed by atoms with Crippen LogP contribution in [0.5, 0.6) is 0 Å². The summed E-state index contributed by atoms with van der Waals surface area (Å²) < 4.78 is 1.00. The number of hydrogen-bond acceptors (Lipinski definition) is 4. The molecule has 2 atom stereocenters. The molecule has 2 aliphatic rings. The summed E-state index contributed by atoms with van der Waals surface area (Å²) in [4.78, 5) is 9.18. The third-order valence-electron chi connectivity index (χ3n) is 4.13. The molecule has 1 aromatic heterocycles. The second-order valence-corrected chi connectivity index (χ2v) is 6.21. The second-order valence-electron chi connectivity index (χ2n) is 5.35. The van der Waals surface area contributed by atoms with Crippen LogP contribution < -0.4 is 10.6 Å². The topological polar surface area (TPSA) is 45.4 Å². The van der Waals surface area contributed by atoms with E-state index in [0.717, 1.165) is 28.9 Å². The van der Waals surface area contributed by atoms with E-state index in [1.807, 2.05) is 6.20 Å². The van der Waals surface area contributed by atoms with Crippen LogP contribution >= 0.6 is 15.9 Å². The van der Waals surface area contributed by atoms with E-state index in [9.17, 15) is 0 Å². The maximum absolute atomic E-state index is 6.10. The third-order valence-corrected chi connectivity index (χ3v) is 4.71. The molecular weight excluding hydrogens is 292 g/mol. The van der Waals surface area contributed by atoms with Gasteiger partial charge in [-0.2, -0.15) is 0 Å². The number of nitrogens with two attached hydrogens (primary N) is 1. The average Bonchev–Trinajstić information content (AvgIpc) is 2.76. The zero-order chi connectivity index (χ0) is 12.7. The number of halogens is 1. The molecule has 0 aromatic carbocycles. The van der Waals surface area contributed by atoms with Crippen molar-refractivity contribution in [3.05, 3.63) is 16.9 Å². The highest BCUT2D eigenvalue weighted by molar-refractivity contribution is 9.10. The van der Waals surface area contributed by atoms with Crippen molar-refractivity contribution >= 4 is 27.3 Å². The summed E-state index contributed by atoms with van der Waals surface area (Å²) in [6.45, 7) is 5.75. The van der Waals surface area contributed by atoms with Crippen LogP contribution in [0.2, 0.25) is 0 Å². The van der Waals surface area contributed by atoms with Crippen molar-refractivity contribution < 1.29 is 0 Å². The van der Waals surface area contributed by atoms with E-state index >= 15 is 0 Å². The number of rotatable bonds is 1. The summed E-state index contributed by atoms with van der Waals surface area (Å²) >= 11 is 3.58. The molecule has 2 unspecified atom stereocenters. The van der Waals surface area contributed by atoms with Gasteiger partial charge in [0.25, 0.3) is 0 Å². The van der Waals surface area contributed by atoms with Crippen LogP contribution in [0.15, 0.2) is 16.9 Å². The molecule has 98 valence electrons. The number of anilines is 2. The molecule has 0 saturated carbocycles. The van der Waals surface area contributed by atoms with Gasteiger partial charge >= 0.3 is 0 Å². The fourth-order valence-electron chi connectivity index (χ4n) is 3.25. The number of nitrogen functional groups attached to an aromatic ring is 1. The first-order valence-electron chi connectivity index (χ1n) is 6.56. The predicted octanol–water partition coefficient (Wildman–Crippen LogP) is 2.10. The number of nitrogens with zero attached hydrogens (tertiary/aromatic N) is 3. The van der Waals surface area contributed by atoms with Crippen molar-refractivity contribution in [1.82, 2.24) is 9.88 Å². The number of hydrogen-bond donors (Lipinski definition) is 1. The largest absolute Gasteiger partial charge is 0.396 e. The molecule has 0 amide bonds. The molecule has 0 bridgehead atoms. The fraction of sp³-hybridized carbons (Fsp3) is 0.615. The smallest absolute Gasteiger partial charge is 0.0779 e. The average molecular weight is 311 g/mol. The standard InChI is InChI=1S/C13H19BrN4/c1-9-7-17-4-2-3-10(17)8-18(9)13-11(14)5-16-6-12(13)15/h5-6,9-10H,2-4,7-8,15H2,1H3. The van der Waals surface area contributed by atoms with Gasteiger partial charge in [-0.25, -0.2) is 0 Å². The van der Waals surface area contributed by atoms with E-state index < -0.39 is 0 Å². The van der Waals surface area contributed by atoms with Crippen molar-refractivity contribution in [2.75, 3.05) is 30.3 Å². The zero-order valence-electron chi connectivity index (χ0n) is 10.6. The summed E-state index contributed by atoms with van der Waals surface area (Å²) in [6.07, 6.45) is 6.22. The predicted molar refractivity (Wildman–Crippen MR) is 77.8 cm³/mol. The Morgan fingerprint density at radius 1 is 1.39 bits per heavy atom. The minimum atomic E-state index is 0.500. The lowest BCUT2D eigenvalue weighted by atomic mass is 10.1. The quantitative estimate of drug-likeness (QED) is 0.863. The summed E-state index contributed by atoms with van der Waals surface area (Å²) in [5.41, 5.74) is 7.99. The molecule has 2 saturated heterocycles. The molecule has 0 spiro atoms. The van der Waals surface area contributed by atoms with Crippen LogP contribution in [0, 0.1) is 0 Å². The number of piperazine rings is 1.